The van der Waals surface area contributed by atoms with Crippen LogP contribution in [0.2, 0.25) is 0 Å². The molecule has 8 aromatic rings. The Labute approximate surface area is 652 Å². The van der Waals surface area contributed by atoms with Gasteiger partial charge in [0.05, 0.1) is 50.6 Å². The Morgan fingerprint density at radius 3 is 0.946 bits per heavy atom. The maximum absolute atomic E-state index is 12.3. The molecule has 4 atom stereocenters. The minimum atomic E-state index is -5.74. The van der Waals surface area contributed by atoms with Crippen LogP contribution in [0.4, 0.5) is 13.2 Å². The predicted molar refractivity (Wildman–Crippen MR) is 437 cm³/mol. The third-order valence-corrected chi connectivity index (χ3v) is 18.4. The van der Waals surface area contributed by atoms with Crippen molar-refractivity contribution in [1.29, 1.82) is 0 Å². The van der Waals surface area contributed by atoms with E-state index in [9.17, 15) is 59.0 Å². The smallest absolute Gasteiger partial charge is 0.423 e. The van der Waals surface area contributed by atoms with E-state index in [-0.39, 0.29) is 74.6 Å². The summed E-state index contributed by atoms with van der Waals surface area (Å²) < 4.78 is 131. The van der Waals surface area contributed by atoms with Gasteiger partial charge in [0.15, 0.2) is 29.5 Å². The zero-order valence-electron chi connectivity index (χ0n) is 64.3. The molecule has 0 radical (unpaired) electrons. The summed E-state index contributed by atoms with van der Waals surface area (Å²) >= 11 is 0. The van der Waals surface area contributed by atoms with Crippen LogP contribution in [0.3, 0.4) is 0 Å². The summed E-state index contributed by atoms with van der Waals surface area (Å²) in [4.78, 5) is 45.1. The number of halogens is 3. The zero-order chi connectivity index (χ0) is 82.9. The SMILES string of the molecule is C#Cc1ccccc1.CC(=O)N[C@@H](COP(C)(C)=O)Cc1ccc(-c2ccccc2)cc1.CC(=O)N[C@@H](COP(C)(C)=O)Cc1ccc(C#Cc2ccccc2)cc1.CC(=O)N[C@@H](COP(C)(C)=O)Cc1ccc(OS(=O)(=O)C(F)(F)F)cc1.CC(=O)N[C@@H](COP(C)(C)=O)Cc1ccccc1.OB(O)c1ccccc1. The summed E-state index contributed by atoms with van der Waals surface area (Å²) in [7, 11) is -17.5. The van der Waals surface area contributed by atoms with E-state index in [0.29, 0.717) is 30.3 Å². The van der Waals surface area contributed by atoms with Gasteiger partial charge in [-0.25, -0.2) is 0 Å². The van der Waals surface area contributed by atoms with Crippen molar-refractivity contribution in [2.75, 3.05) is 79.7 Å². The van der Waals surface area contributed by atoms with Gasteiger partial charge >= 0.3 is 22.7 Å². The molecule has 0 heterocycles. The summed E-state index contributed by atoms with van der Waals surface area (Å²) in [6.45, 7) is 18.7. The first kappa shape index (κ1) is 96.2. The van der Waals surface area contributed by atoms with Gasteiger partial charge in [-0.2, -0.15) is 21.6 Å². The Kier molecular flexibility index (Phi) is 42.3. The quantitative estimate of drug-likeness (QED) is 0.00873. The molecule has 0 aliphatic rings. The molecular formula is C81H100BF3N4O17P4S. The Balaban J connectivity index is 0.000000359. The van der Waals surface area contributed by atoms with Crippen LogP contribution < -0.4 is 30.9 Å². The third kappa shape index (κ3) is 46.5. The molecule has 0 saturated carbocycles. The van der Waals surface area contributed by atoms with Gasteiger partial charge in [0, 0.05) is 97.7 Å². The van der Waals surface area contributed by atoms with E-state index in [4.69, 9.17) is 34.6 Å². The maximum Gasteiger partial charge on any atom is 0.534 e. The number of hydrogen-bond acceptors (Lipinski definition) is 17. The van der Waals surface area contributed by atoms with E-state index < -0.39 is 64.0 Å². The lowest BCUT2D eigenvalue weighted by molar-refractivity contribution is -0.120. The molecule has 4 amide bonds. The van der Waals surface area contributed by atoms with Gasteiger partial charge in [-0.3, -0.25) is 37.4 Å². The van der Waals surface area contributed by atoms with E-state index in [1.54, 1.807) is 64.3 Å². The van der Waals surface area contributed by atoms with Gasteiger partial charge in [0.25, 0.3) is 0 Å². The molecule has 0 aliphatic heterocycles. The minimum absolute atomic E-state index is 0.0233. The van der Waals surface area contributed by atoms with Crippen LogP contribution in [-0.4, -0.2) is 159 Å². The van der Waals surface area contributed by atoms with Crippen LogP contribution in [0.5, 0.6) is 5.75 Å². The van der Waals surface area contributed by atoms with Crippen molar-refractivity contribution >= 4 is 75.8 Å². The van der Waals surface area contributed by atoms with Gasteiger partial charge < -0.3 is 53.6 Å². The average Bonchev–Trinajstić information content (AvgIpc) is 0.820. The van der Waals surface area contributed by atoms with Crippen molar-refractivity contribution in [2.24, 2.45) is 0 Å². The number of alkyl halides is 3. The first-order valence-electron chi connectivity index (χ1n) is 34.7. The van der Waals surface area contributed by atoms with Crippen molar-refractivity contribution in [1.82, 2.24) is 21.3 Å². The minimum Gasteiger partial charge on any atom is -0.423 e. The number of amides is 4. The second-order valence-electron chi connectivity index (χ2n) is 26.4. The molecule has 30 heteroatoms. The number of benzene rings is 8. The molecule has 6 N–H and O–H groups in total. The highest BCUT2D eigenvalue weighted by molar-refractivity contribution is 7.88. The maximum atomic E-state index is 12.3. The normalized spacial score (nSPS) is 12.2. The molecular weight excluding hydrogens is 1520 g/mol. The molecule has 8 rings (SSSR count). The van der Waals surface area contributed by atoms with Gasteiger partial charge in [0.2, 0.25) is 23.6 Å². The summed E-state index contributed by atoms with van der Waals surface area (Å²) in [5.41, 5.74) is 4.01. The standard InChI is InChI=1S/C21H24NO3P.C19H24NO3P.C14H19F3NO6PS.C13H20NO3P.C8H6.C6H7BO2/c1-17(23)22-21(16-25-26(2,3)24)15-20-13-11-19(12-14-20)10-9-18-7-5-4-6-8-18;1-15(21)20-19(14-23-24(2,3)22)13-16-9-11-18(12-10-16)17-7-5-4-6-8-17;1-10(19)18-12(9-23-25(2,3)20)8-11-4-6-13(7-5-11)24-26(21,22)14(15,16)17;1-11(15)14-13(10-17-18(2,3)16)9-12-7-5-4-6-8-12;1-2-8-6-4-3-5-7-8;8-7(9)6-4-2-1-3-5-6/h4-8,11-14,21H,15-16H2,1-3H3,(H,22,23);4-12,19H,13-14H2,1-3H3,(H,20,21);4-7,12H,8-9H2,1-3H3,(H,18,19);4-8,13H,9-10H2,1-3H3,(H,14,15);1,3-7H;1-5,8-9H/t21-;19-;12-;13-;;/m1111../s1. The monoisotopic (exact) mass is 1620 g/mol. The largest absolute Gasteiger partial charge is 0.534 e. The van der Waals surface area contributed by atoms with Crippen LogP contribution >= 0.6 is 29.5 Å². The summed E-state index contributed by atoms with van der Waals surface area (Å²) in [5, 5.41) is 28.3. The molecule has 0 spiro atoms. The number of carbonyl (C=O) groups excluding carboxylic acids is 4. The second kappa shape index (κ2) is 48.7. The number of nitrogens with one attached hydrogen (secondary N) is 4. The number of hydrogen-bond donors (Lipinski definition) is 6. The lowest BCUT2D eigenvalue weighted by Crippen LogP contribution is -2.38. The van der Waals surface area contributed by atoms with Crippen LogP contribution in [0.25, 0.3) is 11.1 Å². The van der Waals surface area contributed by atoms with Crippen molar-refractivity contribution in [3.05, 3.63) is 263 Å². The molecule has 596 valence electrons. The van der Waals surface area contributed by atoms with Gasteiger partial charge in [0.1, 0.15) is 5.75 Å². The fourth-order valence-electron chi connectivity index (χ4n) is 9.45. The lowest BCUT2D eigenvalue weighted by Gasteiger charge is -2.19. The van der Waals surface area contributed by atoms with E-state index in [1.165, 1.54) is 58.7 Å². The Morgan fingerprint density at radius 1 is 0.405 bits per heavy atom. The Bertz CT molecular complexity index is 4550. The van der Waals surface area contributed by atoms with Crippen molar-refractivity contribution in [3.63, 3.8) is 0 Å². The predicted octanol–water partition coefficient (Wildman–Crippen LogP) is 13.5. The number of rotatable bonds is 28. The van der Waals surface area contributed by atoms with Crippen LogP contribution in [0.15, 0.2) is 224 Å². The molecule has 111 heavy (non-hydrogen) atoms. The molecule has 0 saturated heterocycles. The topological polar surface area (TPSA) is 305 Å². The fraction of sp³-hybridized carbons (Fsp3) is 0.309. The number of carbonyl (C=O) groups is 4. The highest BCUT2D eigenvalue weighted by Gasteiger charge is 2.48. The van der Waals surface area contributed by atoms with E-state index in [0.717, 1.165) is 51.1 Å². The van der Waals surface area contributed by atoms with Crippen LogP contribution in [0, 0.1) is 24.2 Å². The molecule has 0 fully saturated rings. The number of terminal acetylenes is 1. The zero-order valence-corrected chi connectivity index (χ0v) is 68.7. The summed E-state index contributed by atoms with van der Waals surface area (Å²) in [6.07, 6.45) is 7.23. The van der Waals surface area contributed by atoms with Crippen molar-refractivity contribution < 1.29 is 91.4 Å². The fourth-order valence-corrected chi connectivity index (χ4v) is 12.1. The first-order chi connectivity index (χ1) is 51.9. The summed E-state index contributed by atoms with van der Waals surface area (Å²) in [5.74, 6) is 7.60. The average molecular weight is 1630 g/mol. The first-order valence-corrected chi connectivity index (χ1v) is 46.2. The van der Waals surface area contributed by atoms with E-state index >= 15 is 0 Å². The van der Waals surface area contributed by atoms with Gasteiger partial charge in [-0.15, -0.1) is 6.42 Å². The van der Waals surface area contributed by atoms with Gasteiger partial charge in [-0.1, -0.05) is 194 Å². The van der Waals surface area contributed by atoms with Crippen LogP contribution in [0.1, 0.15) is 66.6 Å². The molecule has 21 nitrogen and oxygen atoms in total. The van der Waals surface area contributed by atoms with Crippen LogP contribution in [-0.2, 0) is 91.3 Å². The van der Waals surface area contributed by atoms with Crippen molar-refractivity contribution in [2.45, 2.75) is 83.1 Å². The second-order valence-corrected chi connectivity index (χ2v) is 39.0. The summed E-state index contributed by atoms with van der Waals surface area (Å²) in [6, 6.07) is 68.0. The van der Waals surface area contributed by atoms with E-state index in [1.807, 2.05) is 140 Å². The highest BCUT2D eigenvalue weighted by Crippen LogP contribution is 2.40. The highest BCUT2D eigenvalue weighted by atomic mass is 32.2. The molecule has 0 aromatic heterocycles. The van der Waals surface area contributed by atoms with Gasteiger partial charge in [-0.05, 0) is 113 Å². The lowest BCUT2D eigenvalue weighted by atomic mass is 9.81. The Hall–Kier alpha value is -8.96. The van der Waals surface area contributed by atoms with E-state index in [2.05, 4.69) is 79.6 Å². The molecule has 8 aromatic carbocycles. The Morgan fingerprint density at radius 2 is 0.667 bits per heavy atom. The molecule has 0 aliphatic carbocycles. The molecule has 0 bridgehead atoms. The third-order valence-electron chi connectivity index (χ3n) is 14.3. The van der Waals surface area contributed by atoms with Crippen molar-refractivity contribution in [3.8, 4) is 41.1 Å². The molecule has 0 unspecified atom stereocenters.